The Balaban J connectivity index is 2.08. The molecule has 1 heterocycles. The van der Waals surface area contributed by atoms with Gasteiger partial charge in [-0.1, -0.05) is 39.0 Å². The fourth-order valence-corrected chi connectivity index (χ4v) is 2.89. The van der Waals surface area contributed by atoms with Crippen molar-refractivity contribution in [1.82, 2.24) is 9.66 Å². The number of nitrogen functional groups attached to an aromatic ring is 2. The summed E-state index contributed by atoms with van der Waals surface area (Å²) in [6, 6.07) is 0. The summed E-state index contributed by atoms with van der Waals surface area (Å²) >= 11 is 0. The molecule has 1 fully saturated rings. The molecule has 1 aliphatic rings. The van der Waals surface area contributed by atoms with Crippen molar-refractivity contribution in [3.05, 3.63) is 11.5 Å². The van der Waals surface area contributed by atoms with Gasteiger partial charge in [-0.15, -0.1) is 0 Å². The molecular weight excluding hydrogens is 224 g/mol. The average molecular weight is 250 g/mol. The number of nitrogens with two attached hydrogens (primary N) is 2. The lowest BCUT2D eigenvalue weighted by molar-refractivity contribution is 0.424. The fraction of sp³-hybridized carbons (Fsp3) is 0.786. The van der Waals surface area contributed by atoms with E-state index in [-0.39, 0.29) is 0 Å². The van der Waals surface area contributed by atoms with Gasteiger partial charge >= 0.3 is 0 Å². The summed E-state index contributed by atoms with van der Waals surface area (Å²) in [5, 5.41) is 0. The maximum atomic E-state index is 6.07. The number of hydrogen-bond acceptors (Lipinski definition) is 3. The number of aromatic nitrogens is 2. The number of unbranched alkanes of at least 4 members (excludes halogenated alkanes) is 2. The molecule has 0 radical (unpaired) electrons. The van der Waals surface area contributed by atoms with Crippen LogP contribution in [0.4, 0.5) is 5.82 Å². The zero-order valence-corrected chi connectivity index (χ0v) is 11.5. The average Bonchev–Trinajstić information content (AvgIpc) is 2.68. The van der Waals surface area contributed by atoms with Crippen molar-refractivity contribution < 1.29 is 0 Å². The third kappa shape index (κ3) is 2.79. The van der Waals surface area contributed by atoms with E-state index in [0.29, 0.717) is 11.7 Å². The zero-order valence-electron chi connectivity index (χ0n) is 11.5. The molecule has 4 N–H and O–H groups in total. The summed E-state index contributed by atoms with van der Waals surface area (Å²) in [6.07, 6.45) is 10.9. The predicted octanol–water partition coefficient (Wildman–Crippen LogP) is 2.96. The van der Waals surface area contributed by atoms with Crippen molar-refractivity contribution in [2.45, 2.75) is 70.6 Å². The van der Waals surface area contributed by atoms with Crippen LogP contribution in [-0.4, -0.2) is 9.66 Å². The highest BCUT2D eigenvalue weighted by molar-refractivity contribution is 5.39. The van der Waals surface area contributed by atoms with Crippen LogP contribution in [0.2, 0.25) is 0 Å². The molecule has 0 amide bonds. The van der Waals surface area contributed by atoms with Gasteiger partial charge in [-0.3, -0.25) is 0 Å². The van der Waals surface area contributed by atoms with Gasteiger partial charge in [0.1, 0.15) is 11.6 Å². The van der Waals surface area contributed by atoms with Crippen LogP contribution >= 0.6 is 0 Å². The first-order chi connectivity index (χ1) is 8.74. The highest BCUT2D eigenvalue weighted by Gasteiger charge is 2.22. The van der Waals surface area contributed by atoms with E-state index in [1.165, 1.54) is 44.9 Å². The van der Waals surface area contributed by atoms with Gasteiger partial charge in [-0.2, -0.15) is 0 Å². The summed E-state index contributed by atoms with van der Waals surface area (Å²) in [6.45, 7) is 2.21. The van der Waals surface area contributed by atoms with Crippen molar-refractivity contribution >= 4 is 5.82 Å². The summed E-state index contributed by atoms with van der Waals surface area (Å²) in [5.74, 6) is 8.27. The Morgan fingerprint density at radius 2 is 1.94 bits per heavy atom. The normalized spacial score (nSPS) is 17.2. The van der Waals surface area contributed by atoms with E-state index in [9.17, 15) is 0 Å². The molecule has 0 aromatic carbocycles. The minimum absolute atomic E-state index is 0.519. The molecule has 1 saturated carbocycles. The molecule has 1 aromatic rings. The number of rotatable bonds is 5. The molecule has 0 spiro atoms. The Morgan fingerprint density at radius 1 is 1.22 bits per heavy atom. The second kappa shape index (κ2) is 6.12. The molecular formula is C14H26N4. The topological polar surface area (TPSA) is 69.9 Å². The van der Waals surface area contributed by atoms with Crippen LogP contribution < -0.4 is 11.6 Å². The second-order valence-corrected chi connectivity index (χ2v) is 5.46. The number of hydrogen-bond donors (Lipinski definition) is 2. The number of nitrogens with zero attached hydrogens (tertiary/aromatic N) is 2. The van der Waals surface area contributed by atoms with Gasteiger partial charge in [0.15, 0.2) is 0 Å². The molecule has 4 heteroatoms. The lowest BCUT2D eigenvalue weighted by Gasteiger charge is -2.20. The molecule has 0 bridgehead atoms. The van der Waals surface area contributed by atoms with E-state index in [1.54, 1.807) is 4.68 Å². The molecule has 18 heavy (non-hydrogen) atoms. The van der Waals surface area contributed by atoms with E-state index < -0.39 is 0 Å². The standard InChI is InChI=1S/C14H26N4/c1-2-3-5-10-12-13(15)18(16)14(17-12)11-8-6-4-7-9-11/h11H,2-10,15-16H2,1H3. The van der Waals surface area contributed by atoms with E-state index in [1.807, 2.05) is 0 Å². The van der Waals surface area contributed by atoms with Crippen molar-refractivity contribution in [2.75, 3.05) is 11.6 Å². The molecule has 2 rings (SSSR count). The Kier molecular flexibility index (Phi) is 4.50. The van der Waals surface area contributed by atoms with Crippen molar-refractivity contribution in [2.24, 2.45) is 0 Å². The van der Waals surface area contributed by atoms with Crippen molar-refractivity contribution in [3.63, 3.8) is 0 Å². The lowest BCUT2D eigenvalue weighted by atomic mass is 9.89. The fourth-order valence-electron chi connectivity index (χ4n) is 2.89. The van der Waals surface area contributed by atoms with Crippen LogP contribution in [0.1, 0.15) is 75.7 Å². The minimum Gasteiger partial charge on any atom is -0.382 e. The van der Waals surface area contributed by atoms with Crippen LogP contribution in [0.15, 0.2) is 0 Å². The van der Waals surface area contributed by atoms with Crippen LogP contribution in [0.5, 0.6) is 0 Å². The third-order valence-corrected chi connectivity index (χ3v) is 4.04. The Labute approximate surface area is 110 Å². The van der Waals surface area contributed by atoms with Crippen molar-refractivity contribution in [3.8, 4) is 0 Å². The first-order valence-corrected chi connectivity index (χ1v) is 7.36. The minimum atomic E-state index is 0.519. The van der Waals surface area contributed by atoms with E-state index in [0.717, 1.165) is 24.4 Å². The molecule has 102 valence electrons. The zero-order chi connectivity index (χ0) is 13.0. The van der Waals surface area contributed by atoms with E-state index in [2.05, 4.69) is 6.92 Å². The molecule has 4 nitrogen and oxygen atoms in total. The van der Waals surface area contributed by atoms with Crippen molar-refractivity contribution in [1.29, 1.82) is 0 Å². The SMILES string of the molecule is CCCCCc1nc(C2CCCCC2)n(N)c1N. The molecule has 1 aliphatic carbocycles. The number of aryl methyl sites for hydroxylation is 1. The third-order valence-electron chi connectivity index (χ3n) is 4.04. The second-order valence-electron chi connectivity index (χ2n) is 5.46. The van der Waals surface area contributed by atoms with Crippen LogP contribution in [0.3, 0.4) is 0 Å². The summed E-state index contributed by atoms with van der Waals surface area (Å²) in [4.78, 5) is 4.72. The van der Waals surface area contributed by atoms with E-state index >= 15 is 0 Å². The Morgan fingerprint density at radius 3 is 2.61 bits per heavy atom. The van der Waals surface area contributed by atoms with Gasteiger partial charge in [-0.25, -0.2) is 9.66 Å². The van der Waals surface area contributed by atoms with Crippen LogP contribution in [-0.2, 0) is 6.42 Å². The first kappa shape index (κ1) is 13.2. The number of imidazole rings is 1. The van der Waals surface area contributed by atoms with Gasteiger partial charge in [0.2, 0.25) is 0 Å². The highest BCUT2D eigenvalue weighted by Crippen LogP contribution is 2.33. The van der Waals surface area contributed by atoms with Gasteiger partial charge in [-0.05, 0) is 25.7 Å². The Hall–Kier alpha value is -1.19. The van der Waals surface area contributed by atoms with Crippen LogP contribution in [0.25, 0.3) is 0 Å². The first-order valence-electron chi connectivity index (χ1n) is 7.36. The predicted molar refractivity (Wildman–Crippen MR) is 75.8 cm³/mol. The number of anilines is 1. The molecule has 0 unspecified atom stereocenters. The van der Waals surface area contributed by atoms with Gasteiger partial charge < -0.3 is 11.6 Å². The maximum absolute atomic E-state index is 6.07. The van der Waals surface area contributed by atoms with Gasteiger partial charge in [0.25, 0.3) is 0 Å². The summed E-state index contributed by atoms with van der Waals surface area (Å²) in [5.41, 5.74) is 7.07. The summed E-state index contributed by atoms with van der Waals surface area (Å²) in [7, 11) is 0. The molecule has 0 atom stereocenters. The van der Waals surface area contributed by atoms with E-state index in [4.69, 9.17) is 16.6 Å². The highest BCUT2D eigenvalue weighted by atomic mass is 15.4. The van der Waals surface area contributed by atoms with Crippen LogP contribution in [0, 0.1) is 0 Å². The largest absolute Gasteiger partial charge is 0.382 e. The quantitative estimate of drug-likeness (QED) is 0.623. The molecule has 1 aromatic heterocycles. The Bertz CT molecular complexity index is 377. The molecule has 0 saturated heterocycles. The monoisotopic (exact) mass is 250 g/mol. The summed E-state index contributed by atoms with van der Waals surface area (Å²) < 4.78 is 1.64. The lowest BCUT2D eigenvalue weighted by Crippen LogP contribution is -2.19. The van der Waals surface area contributed by atoms with Gasteiger partial charge in [0, 0.05) is 5.92 Å². The molecule has 0 aliphatic heterocycles. The van der Waals surface area contributed by atoms with Gasteiger partial charge in [0.05, 0.1) is 5.69 Å². The maximum Gasteiger partial charge on any atom is 0.145 e. The smallest absolute Gasteiger partial charge is 0.145 e.